The lowest BCUT2D eigenvalue weighted by Crippen LogP contribution is -1.93. The van der Waals surface area contributed by atoms with Crippen molar-refractivity contribution in [2.24, 2.45) is 11.8 Å². The third-order valence-electron chi connectivity index (χ3n) is 1.95. The van der Waals surface area contributed by atoms with Gasteiger partial charge < -0.3 is 0 Å². The molecule has 0 bridgehead atoms. The first-order valence-corrected chi connectivity index (χ1v) is 5.20. The summed E-state index contributed by atoms with van der Waals surface area (Å²) in [6.45, 7) is 8.69. The molecule has 0 saturated heterocycles. The molecule has 0 fully saturated rings. The Kier molecular flexibility index (Phi) is 6.56. The van der Waals surface area contributed by atoms with Crippen LogP contribution in [0.25, 0.3) is 0 Å². The lowest BCUT2D eigenvalue weighted by molar-refractivity contribution is -0.105. The van der Waals surface area contributed by atoms with Gasteiger partial charge in [-0.3, -0.25) is 4.79 Å². The maximum atomic E-state index is 10.6. The van der Waals surface area contributed by atoms with Gasteiger partial charge in [-0.15, -0.1) is 0 Å². The second-order valence-electron chi connectivity index (χ2n) is 4.47. The largest absolute Gasteiger partial charge is 0.298 e. The number of allylic oxidation sites excluding steroid dienone is 2. The van der Waals surface area contributed by atoms with Crippen LogP contribution in [-0.4, -0.2) is 6.29 Å². The van der Waals surface area contributed by atoms with Crippen molar-refractivity contribution >= 4 is 6.29 Å². The SMILES string of the molecule is CC(C)CCC=C(C=O)CC(C)C. The molecular weight excluding hydrogens is 160 g/mol. The van der Waals surface area contributed by atoms with E-state index in [4.69, 9.17) is 0 Å². The second kappa shape index (κ2) is 6.88. The Morgan fingerprint density at radius 1 is 1.15 bits per heavy atom. The van der Waals surface area contributed by atoms with Crippen molar-refractivity contribution in [2.45, 2.75) is 47.0 Å². The zero-order chi connectivity index (χ0) is 10.3. The minimum Gasteiger partial charge on any atom is -0.298 e. The lowest BCUT2D eigenvalue weighted by atomic mass is 10.0. The fraction of sp³-hybridized carbons (Fsp3) is 0.750. The van der Waals surface area contributed by atoms with Gasteiger partial charge in [-0.2, -0.15) is 0 Å². The highest BCUT2D eigenvalue weighted by atomic mass is 16.1. The van der Waals surface area contributed by atoms with Crippen LogP contribution in [0.1, 0.15) is 47.0 Å². The van der Waals surface area contributed by atoms with Gasteiger partial charge in [0.05, 0.1) is 0 Å². The van der Waals surface area contributed by atoms with E-state index in [-0.39, 0.29) is 0 Å². The Morgan fingerprint density at radius 2 is 1.77 bits per heavy atom. The molecule has 13 heavy (non-hydrogen) atoms. The molecule has 0 N–H and O–H groups in total. The molecule has 0 aliphatic heterocycles. The van der Waals surface area contributed by atoms with Crippen molar-refractivity contribution in [3.8, 4) is 0 Å². The number of carbonyl (C=O) groups is 1. The van der Waals surface area contributed by atoms with E-state index >= 15 is 0 Å². The van der Waals surface area contributed by atoms with Crippen molar-refractivity contribution in [2.75, 3.05) is 0 Å². The molecule has 0 aromatic carbocycles. The van der Waals surface area contributed by atoms with E-state index in [1.165, 1.54) is 6.42 Å². The van der Waals surface area contributed by atoms with Gasteiger partial charge in [0.2, 0.25) is 0 Å². The van der Waals surface area contributed by atoms with Gasteiger partial charge in [-0.1, -0.05) is 33.8 Å². The Bertz CT molecular complexity index is 166. The van der Waals surface area contributed by atoms with Crippen molar-refractivity contribution < 1.29 is 4.79 Å². The molecule has 1 nitrogen and oxygen atoms in total. The van der Waals surface area contributed by atoms with Crippen LogP contribution in [0.2, 0.25) is 0 Å². The number of hydrogen-bond acceptors (Lipinski definition) is 1. The normalized spacial score (nSPS) is 12.6. The Labute approximate surface area is 82.2 Å². The fourth-order valence-corrected chi connectivity index (χ4v) is 1.25. The molecule has 0 spiro atoms. The molecule has 0 aliphatic carbocycles. The molecule has 0 rings (SSSR count). The lowest BCUT2D eigenvalue weighted by Gasteiger charge is -2.04. The van der Waals surface area contributed by atoms with E-state index in [1.54, 1.807) is 0 Å². The van der Waals surface area contributed by atoms with Crippen molar-refractivity contribution in [3.05, 3.63) is 11.6 Å². The Balaban J connectivity index is 3.85. The van der Waals surface area contributed by atoms with Crippen LogP contribution in [-0.2, 0) is 4.79 Å². The van der Waals surface area contributed by atoms with E-state index in [0.717, 1.165) is 30.6 Å². The summed E-state index contributed by atoms with van der Waals surface area (Å²) in [5.74, 6) is 1.30. The zero-order valence-corrected chi connectivity index (χ0v) is 9.34. The quantitative estimate of drug-likeness (QED) is 0.453. The third kappa shape index (κ3) is 7.76. The average molecular weight is 182 g/mol. The molecule has 0 unspecified atom stereocenters. The third-order valence-corrected chi connectivity index (χ3v) is 1.95. The van der Waals surface area contributed by atoms with Crippen molar-refractivity contribution in [1.29, 1.82) is 0 Å². The maximum absolute atomic E-state index is 10.6. The summed E-state index contributed by atoms with van der Waals surface area (Å²) in [7, 11) is 0. The number of hydrogen-bond donors (Lipinski definition) is 0. The molecule has 76 valence electrons. The topological polar surface area (TPSA) is 17.1 Å². The van der Waals surface area contributed by atoms with E-state index in [2.05, 4.69) is 33.8 Å². The molecule has 0 radical (unpaired) electrons. The molecular formula is C12H22O. The molecule has 0 amide bonds. The number of rotatable bonds is 6. The minimum absolute atomic E-state index is 0.579. The average Bonchev–Trinajstić information content (AvgIpc) is 2.01. The summed E-state index contributed by atoms with van der Waals surface area (Å²) in [5, 5.41) is 0. The molecule has 0 aliphatic rings. The van der Waals surface area contributed by atoms with Crippen LogP contribution in [0.5, 0.6) is 0 Å². The highest BCUT2D eigenvalue weighted by Gasteiger charge is 1.99. The van der Waals surface area contributed by atoms with E-state index < -0.39 is 0 Å². The van der Waals surface area contributed by atoms with Gasteiger partial charge in [0.15, 0.2) is 0 Å². The van der Waals surface area contributed by atoms with Crippen molar-refractivity contribution in [1.82, 2.24) is 0 Å². The number of carbonyl (C=O) groups excluding carboxylic acids is 1. The van der Waals surface area contributed by atoms with Crippen LogP contribution in [0.15, 0.2) is 11.6 Å². The van der Waals surface area contributed by atoms with Crippen LogP contribution in [0.3, 0.4) is 0 Å². The van der Waals surface area contributed by atoms with Gasteiger partial charge in [0.1, 0.15) is 6.29 Å². The first kappa shape index (κ1) is 12.4. The summed E-state index contributed by atoms with van der Waals surface area (Å²) in [5.41, 5.74) is 0.968. The first-order valence-electron chi connectivity index (χ1n) is 5.20. The molecule has 0 heterocycles. The van der Waals surface area contributed by atoms with Crippen LogP contribution >= 0.6 is 0 Å². The van der Waals surface area contributed by atoms with Gasteiger partial charge in [-0.05, 0) is 36.7 Å². The van der Waals surface area contributed by atoms with Crippen LogP contribution < -0.4 is 0 Å². The number of aldehydes is 1. The standard InChI is InChI=1S/C12H22O/c1-10(2)6-5-7-12(9-13)8-11(3)4/h7,9-11H,5-6,8H2,1-4H3. The zero-order valence-electron chi connectivity index (χ0n) is 9.34. The van der Waals surface area contributed by atoms with Crippen molar-refractivity contribution in [3.63, 3.8) is 0 Å². The minimum atomic E-state index is 0.579. The summed E-state index contributed by atoms with van der Waals surface area (Å²) in [6, 6.07) is 0. The van der Waals surface area contributed by atoms with Crippen LogP contribution in [0, 0.1) is 11.8 Å². The van der Waals surface area contributed by atoms with E-state index in [1.807, 2.05) is 0 Å². The van der Waals surface area contributed by atoms with Gasteiger partial charge >= 0.3 is 0 Å². The summed E-state index contributed by atoms with van der Waals surface area (Å²) >= 11 is 0. The highest BCUT2D eigenvalue weighted by molar-refractivity contribution is 5.72. The molecule has 0 aromatic rings. The highest BCUT2D eigenvalue weighted by Crippen LogP contribution is 2.11. The monoisotopic (exact) mass is 182 g/mol. The maximum Gasteiger partial charge on any atom is 0.145 e. The molecule has 0 saturated carbocycles. The first-order chi connectivity index (χ1) is 6.06. The van der Waals surface area contributed by atoms with Gasteiger partial charge in [-0.25, -0.2) is 0 Å². The van der Waals surface area contributed by atoms with Gasteiger partial charge in [0.25, 0.3) is 0 Å². The van der Waals surface area contributed by atoms with Gasteiger partial charge in [0, 0.05) is 0 Å². The Morgan fingerprint density at radius 3 is 2.15 bits per heavy atom. The molecule has 0 aromatic heterocycles. The van der Waals surface area contributed by atoms with Crippen LogP contribution in [0.4, 0.5) is 0 Å². The molecule has 0 atom stereocenters. The summed E-state index contributed by atoms with van der Waals surface area (Å²) in [6.07, 6.45) is 6.23. The second-order valence-corrected chi connectivity index (χ2v) is 4.47. The van der Waals surface area contributed by atoms with E-state index in [9.17, 15) is 4.79 Å². The smallest absolute Gasteiger partial charge is 0.145 e. The predicted octanol–water partition coefficient (Wildman–Crippen LogP) is 3.59. The molecule has 1 heteroatoms. The summed E-state index contributed by atoms with van der Waals surface area (Å²) in [4.78, 5) is 10.6. The summed E-state index contributed by atoms with van der Waals surface area (Å²) < 4.78 is 0. The van der Waals surface area contributed by atoms with E-state index in [0.29, 0.717) is 5.92 Å². The fourth-order valence-electron chi connectivity index (χ4n) is 1.25. The predicted molar refractivity (Wildman–Crippen MR) is 57.7 cm³/mol. The Hall–Kier alpha value is -0.590.